The Morgan fingerprint density at radius 1 is 0.923 bits per heavy atom. The lowest BCUT2D eigenvalue weighted by atomic mass is 10.1. The molecule has 0 aliphatic heterocycles. The van der Waals surface area contributed by atoms with Crippen LogP contribution in [0.25, 0.3) is 22.0 Å². The SMILES string of the molecule is NCCn1ccc(-c2ccccc2OSc2ccc3ccccc3c2)n1. The summed E-state index contributed by atoms with van der Waals surface area (Å²) in [6.45, 7) is 1.27. The summed E-state index contributed by atoms with van der Waals surface area (Å²) in [7, 11) is 0. The monoisotopic (exact) mass is 361 g/mol. The third-order valence-corrected chi connectivity index (χ3v) is 4.82. The molecular weight excluding hydrogens is 342 g/mol. The van der Waals surface area contributed by atoms with E-state index in [2.05, 4.69) is 35.4 Å². The average Bonchev–Trinajstić information content (AvgIpc) is 3.15. The van der Waals surface area contributed by atoms with Crippen molar-refractivity contribution >= 4 is 22.8 Å². The lowest BCUT2D eigenvalue weighted by Crippen LogP contribution is -2.10. The molecule has 0 unspecified atom stereocenters. The smallest absolute Gasteiger partial charge is 0.147 e. The molecule has 0 atom stereocenters. The predicted octanol–water partition coefficient (Wildman–Crippen LogP) is 4.75. The quantitative estimate of drug-likeness (QED) is 0.504. The number of aromatic nitrogens is 2. The Morgan fingerprint density at radius 3 is 2.62 bits per heavy atom. The summed E-state index contributed by atoms with van der Waals surface area (Å²) in [5.74, 6) is 0.795. The Kier molecular flexibility index (Phi) is 4.91. The first-order valence-corrected chi connectivity index (χ1v) is 9.24. The van der Waals surface area contributed by atoms with Gasteiger partial charge in [0.25, 0.3) is 0 Å². The van der Waals surface area contributed by atoms with Crippen LogP contribution in [0.15, 0.2) is 83.9 Å². The molecule has 0 fully saturated rings. The van der Waals surface area contributed by atoms with Crippen LogP contribution in [0.5, 0.6) is 5.75 Å². The van der Waals surface area contributed by atoms with Gasteiger partial charge in [0, 0.05) is 23.2 Å². The molecule has 5 heteroatoms. The first-order chi connectivity index (χ1) is 12.8. The lowest BCUT2D eigenvalue weighted by Gasteiger charge is -2.09. The van der Waals surface area contributed by atoms with E-state index in [0.717, 1.165) is 21.9 Å². The molecule has 0 bridgehead atoms. The number of fused-ring (bicyclic) bond motifs is 1. The minimum absolute atomic E-state index is 0.567. The van der Waals surface area contributed by atoms with Crippen molar-refractivity contribution in [3.63, 3.8) is 0 Å². The minimum Gasteiger partial charge on any atom is -0.420 e. The normalized spacial score (nSPS) is 11.0. The minimum atomic E-state index is 0.567. The van der Waals surface area contributed by atoms with Crippen molar-refractivity contribution in [3.05, 3.63) is 79.0 Å². The van der Waals surface area contributed by atoms with Gasteiger partial charge in [-0.3, -0.25) is 4.68 Å². The van der Waals surface area contributed by atoms with Gasteiger partial charge >= 0.3 is 0 Å². The second-order valence-electron chi connectivity index (χ2n) is 5.92. The summed E-state index contributed by atoms with van der Waals surface area (Å²) in [5.41, 5.74) is 7.45. The van der Waals surface area contributed by atoms with Crippen LogP contribution < -0.4 is 9.92 Å². The summed E-state index contributed by atoms with van der Waals surface area (Å²) < 4.78 is 7.89. The van der Waals surface area contributed by atoms with Crippen molar-refractivity contribution in [1.82, 2.24) is 9.78 Å². The Bertz CT molecular complexity index is 1030. The van der Waals surface area contributed by atoms with Crippen molar-refractivity contribution in [1.29, 1.82) is 0 Å². The molecule has 2 N–H and O–H groups in total. The van der Waals surface area contributed by atoms with Gasteiger partial charge in [-0.1, -0.05) is 42.5 Å². The van der Waals surface area contributed by atoms with Crippen molar-refractivity contribution in [2.75, 3.05) is 6.54 Å². The number of nitrogens with two attached hydrogens (primary N) is 1. The topological polar surface area (TPSA) is 53.1 Å². The Hall–Kier alpha value is -2.76. The van der Waals surface area contributed by atoms with E-state index in [9.17, 15) is 0 Å². The van der Waals surface area contributed by atoms with E-state index in [-0.39, 0.29) is 0 Å². The largest absolute Gasteiger partial charge is 0.420 e. The first kappa shape index (κ1) is 16.7. The Balaban J connectivity index is 1.56. The summed E-state index contributed by atoms with van der Waals surface area (Å²) in [5, 5.41) is 7.00. The molecule has 3 aromatic carbocycles. The molecule has 1 heterocycles. The Morgan fingerprint density at radius 2 is 1.73 bits per heavy atom. The van der Waals surface area contributed by atoms with Crippen LogP contribution in [0, 0.1) is 0 Å². The summed E-state index contributed by atoms with van der Waals surface area (Å²) >= 11 is 1.36. The molecule has 130 valence electrons. The maximum Gasteiger partial charge on any atom is 0.147 e. The van der Waals surface area contributed by atoms with Gasteiger partial charge in [-0.15, -0.1) is 0 Å². The molecule has 1 aromatic heterocycles. The van der Waals surface area contributed by atoms with Gasteiger partial charge < -0.3 is 9.92 Å². The molecule has 4 aromatic rings. The molecule has 0 saturated carbocycles. The molecule has 0 spiro atoms. The third kappa shape index (κ3) is 3.59. The lowest BCUT2D eigenvalue weighted by molar-refractivity contribution is 0.624. The van der Waals surface area contributed by atoms with E-state index in [0.29, 0.717) is 13.1 Å². The van der Waals surface area contributed by atoms with Crippen LogP contribution >= 0.6 is 12.0 Å². The van der Waals surface area contributed by atoms with Crippen molar-refractivity contribution in [2.45, 2.75) is 11.4 Å². The molecular formula is C21H19N3OS. The fraction of sp³-hybridized carbons (Fsp3) is 0.0952. The van der Waals surface area contributed by atoms with Crippen LogP contribution in [0.1, 0.15) is 0 Å². The van der Waals surface area contributed by atoms with Gasteiger partial charge in [0.2, 0.25) is 0 Å². The Labute approximate surface area is 156 Å². The highest BCUT2D eigenvalue weighted by molar-refractivity contribution is 7.95. The van der Waals surface area contributed by atoms with Crippen LogP contribution in [-0.4, -0.2) is 16.3 Å². The first-order valence-electron chi connectivity index (χ1n) is 8.50. The van der Waals surface area contributed by atoms with E-state index in [4.69, 9.17) is 9.92 Å². The van der Waals surface area contributed by atoms with Crippen LogP contribution in [0.4, 0.5) is 0 Å². The predicted molar refractivity (Wildman–Crippen MR) is 107 cm³/mol. The number of para-hydroxylation sites is 1. The van der Waals surface area contributed by atoms with Gasteiger partial charge in [0.05, 0.1) is 24.3 Å². The maximum atomic E-state index is 6.04. The highest BCUT2D eigenvalue weighted by atomic mass is 32.2. The zero-order chi connectivity index (χ0) is 17.8. The highest BCUT2D eigenvalue weighted by Crippen LogP contribution is 2.33. The molecule has 4 rings (SSSR count). The fourth-order valence-electron chi connectivity index (χ4n) is 2.83. The van der Waals surface area contributed by atoms with E-state index in [1.54, 1.807) is 0 Å². The maximum absolute atomic E-state index is 6.04. The van der Waals surface area contributed by atoms with Gasteiger partial charge in [-0.2, -0.15) is 5.10 Å². The van der Waals surface area contributed by atoms with Gasteiger partial charge in [-0.25, -0.2) is 0 Å². The second-order valence-corrected chi connectivity index (χ2v) is 6.73. The van der Waals surface area contributed by atoms with Crippen molar-refractivity contribution in [2.24, 2.45) is 5.73 Å². The van der Waals surface area contributed by atoms with E-state index in [1.165, 1.54) is 22.8 Å². The molecule has 26 heavy (non-hydrogen) atoms. The molecule has 0 radical (unpaired) electrons. The van der Waals surface area contributed by atoms with Crippen LogP contribution in [-0.2, 0) is 6.54 Å². The summed E-state index contributed by atoms with van der Waals surface area (Å²) in [6, 6.07) is 24.6. The highest BCUT2D eigenvalue weighted by Gasteiger charge is 2.10. The molecule has 0 amide bonds. The molecule has 0 aliphatic rings. The number of hydrogen-bond donors (Lipinski definition) is 1. The molecule has 4 nitrogen and oxygen atoms in total. The number of rotatable bonds is 6. The van der Waals surface area contributed by atoms with E-state index in [1.807, 2.05) is 53.3 Å². The molecule has 0 aliphatic carbocycles. The van der Waals surface area contributed by atoms with Crippen molar-refractivity contribution < 1.29 is 4.18 Å². The van der Waals surface area contributed by atoms with Gasteiger partial charge in [0.1, 0.15) is 5.75 Å². The van der Waals surface area contributed by atoms with E-state index >= 15 is 0 Å². The van der Waals surface area contributed by atoms with Crippen molar-refractivity contribution in [3.8, 4) is 17.0 Å². The molecule has 0 saturated heterocycles. The summed E-state index contributed by atoms with van der Waals surface area (Å²) in [4.78, 5) is 1.06. The zero-order valence-electron chi connectivity index (χ0n) is 14.2. The number of hydrogen-bond acceptors (Lipinski definition) is 4. The third-order valence-electron chi connectivity index (χ3n) is 4.11. The standard InChI is InChI=1S/C21H19N3OS/c22-12-14-24-13-11-20(23-24)19-7-3-4-8-21(19)25-26-18-10-9-16-5-1-2-6-17(16)15-18/h1-11,13,15H,12,14,22H2. The second kappa shape index (κ2) is 7.64. The fourth-order valence-corrected chi connectivity index (χ4v) is 3.46. The zero-order valence-corrected chi connectivity index (χ0v) is 15.0. The van der Waals surface area contributed by atoms with Gasteiger partial charge in [0.15, 0.2) is 0 Å². The van der Waals surface area contributed by atoms with Crippen LogP contribution in [0.2, 0.25) is 0 Å². The summed E-state index contributed by atoms with van der Waals surface area (Å²) in [6.07, 6.45) is 1.94. The average molecular weight is 361 g/mol. The number of nitrogens with zero attached hydrogens (tertiary/aromatic N) is 2. The van der Waals surface area contributed by atoms with E-state index < -0.39 is 0 Å². The van der Waals surface area contributed by atoms with Gasteiger partial charge in [-0.05, 0) is 41.1 Å². The number of benzene rings is 3. The van der Waals surface area contributed by atoms with Crippen LogP contribution in [0.3, 0.4) is 0 Å².